The van der Waals surface area contributed by atoms with Gasteiger partial charge in [-0.3, -0.25) is 9.59 Å². The Balaban J connectivity index is 1.77. The number of nitrogens with zero attached hydrogens (tertiary/aromatic N) is 2. The van der Waals surface area contributed by atoms with Crippen LogP contribution in [0, 0.1) is 5.92 Å². The van der Waals surface area contributed by atoms with Gasteiger partial charge in [-0.2, -0.15) is 0 Å². The van der Waals surface area contributed by atoms with Gasteiger partial charge in [-0.05, 0) is 48.9 Å². The highest BCUT2D eigenvalue weighted by Gasteiger charge is 2.39. The Bertz CT molecular complexity index is 779. The fraction of sp³-hybridized carbons (Fsp3) is 0.222. The molecule has 0 spiro atoms. The van der Waals surface area contributed by atoms with E-state index in [9.17, 15) is 9.59 Å². The lowest BCUT2D eigenvalue weighted by atomic mass is 10.1. The van der Waals surface area contributed by atoms with E-state index in [1.807, 2.05) is 30.3 Å². The highest BCUT2D eigenvalue weighted by atomic mass is 79.9. The number of amides is 2. The number of halogens is 2. The summed E-state index contributed by atoms with van der Waals surface area (Å²) in [5, 5.41) is 0.571. The summed E-state index contributed by atoms with van der Waals surface area (Å²) in [6.07, 6.45) is 0.505. The van der Waals surface area contributed by atoms with E-state index in [2.05, 4.69) is 15.9 Å². The van der Waals surface area contributed by atoms with Crippen molar-refractivity contribution in [3.63, 3.8) is 0 Å². The van der Waals surface area contributed by atoms with Crippen molar-refractivity contribution < 1.29 is 9.59 Å². The van der Waals surface area contributed by atoms with Crippen LogP contribution in [-0.4, -0.2) is 25.4 Å². The Morgan fingerprint density at radius 1 is 1.25 bits per heavy atom. The number of carbonyl (C=O) groups excluding carboxylic acids is 2. The van der Waals surface area contributed by atoms with Gasteiger partial charge in [0, 0.05) is 34.5 Å². The monoisotopic (exact) mass is 406 g/mol. The average molecular weight is 408 g/mol. The quantitative estimate of drug-likeness (QED) is 0.718. The second kappa shape index (κ2) is 6.95. The number of benzene rings is 2. The molecule has 0 N–H and O–H groups in total. The molecule has 0 aliphatic carbocycles. The number of hydrogen-bond acceptors (Lipinski definition) is 2. The van der Waals surface area contributed by atoms with Crippen LogP contribution in [0.2, 0.25) is 5.02 Å². The SMILES string of the molecule is CN(C(=O)C1CCN(c2cccc(Cl)c2)C1=O)c1ccc(Br)cc1. The molecule has 0 radical (unpaired) electrons. The van der Waals surface area contributed by atoms with Crippen LogP contribution in [0.15, 0.2) is 53.0 Å². The van der Waals surface area contributed by atoms with E-state index in [-0.39, 0.29) is 11.8 Å². The third kappa shape index (κ3) is 3.32. The first-order valence-corrected chi connectivity index (χ1v) is 8.74. The molecule has 2 aromatic carbocycles. The zero-order chi connectivity index (χ0) is 17.3. The molecule has 0 saturated carbocycles. The molecule has 24 heavy (non-hydrogen) atoms. The molecule has 3 rings (SSSR count). The second-order valence-electron chi connectivity index (χ2n) is 5.68. The zero-order valence-electron chi connectivity index (χ0n) is 13.1. The van der Waals surface area contributed by atoms with Crippen molar-refractivity contribution in [1.29, 1.82) is 0 Å². The summed E-state index contributed by atoms with van der Waals surface area (Å²) in [5.41, 5.74) is 1.49. The number of hydrogen-bond donors (Lipinski definition) is 0. The highest BCUT2D eigenvalue weighted by Crippen LogP contribution is 2.29. The lowest BCUT2D eigenvalue weighted by Crippen LogP contribution is -2.38. The molecule has 0 aromatic heterocycles. The number of anilines is 2. The van der Waals surface area contributed by atoms with Crippen molar-refractivity contribution in [1.82, 2.24) is 0 Å². The van der Waals surface area contributed by atoms with Gasteiger partial charge in [0.25, 0.3) is 0 Å². The van der Waals surface area contributed by atoms with Crippen molar-refractivity contribution >= 4 is 50.7 Å². The minimum absolute atomic E-state index is 0.175. The molecule has 1 saturated heterocycles. The van der Waals surface area contributed by atoms with Crippen LogP contribution < -0.4 is 9.80 Å². The molecule has 1 atom stereocenters. The molecule has 0 bridgehead atoms. The van der Waals surface area contributed by atoms with Gasteiger partial charge < -0.3 is 9.80 Å². The van der Waals surface area contributed by atoms with E-state index in [1.165, 1.54) is 4.90 Å². The smallest absolute Gasteiger partial charge is 0.239 e. The zero-order valence-corrected chi connectivity index (χ0v) is 15.4. The normalized spacial score (nSPS) is 17.2. The molecule has 6 heteroatoms. The minimum Gasteiger partial charge on any atom is -0.315 e. The summed E-state index contributed by atoms with van der Waals surface area (Å²) >= 11 is 9.37. The van der Waals surface area contributed by atoms with Crippen LogP contribution in [0.5, 0.6) is 0 Å². The minimum atomic E-state index is -0.655. The van der Waals surface area contributed by atoms with Crippen molar-refractivity contribution in [2.24, 2.45) is 5.92 Å². The summed E-state index contributed by atoms with van der Waals surface area (Å²) in [5.74, 6) is -1.02. The van der Waals surface area contributed by atoms with Crippen LogP contribution in [0.1, 0.15) is 6.42 Å². The van der Waals surface area contributed by atoms with Gasteiger partial charge in [0.15, 0.2) is 0 Å². The molecule has 2 aromatic rings. The lowest BCUT2D eigenvalue weighted by molar-refractivity contribution is -0.130. The fourth-order valence-electron chi connectivity index (χ4n) is 2.84. The Labute approximate surface area is 154 Å². The van der Waals surface area contributed by atoms with E-state index in [0.29, 0.717) is 18.0 Å². The maximum absolute atomic E-state index is 12.7. The first kappa shape index (κ1) is 17.0. The van der Waals surface area contributed by atoms with Crippen molar-refractivity contribution in [3.05, 3.63) is 58.0 Å². The Morgan fingerprint density at radius 3 is 2.62 bits per heavy atom. The number of rotatable bonds is 3. The molecule has 124 valence electrons. The molecule has 1 aliphatic heterocycles. The first-order chi connectivity index (χ1) is 11.5. The highest BCUT2D eigenvalue weighted by molar-refractivity contribution is 9.10. The Hall–Kier alpha value is -1.85. The lowest BCUT2D eigenvalue weighted by Gasteiger charge is -2.21. The average Bonchev–Trinajstić information content (AvgIpc) is 2.96. The summed E-state index contributed by atoms with van der Waals surface area (Å²) in [7, 11) is 1.70. The fourth-order valence-corrected chi connectivity index (χ4v) is 3.28. The van der Waals surface area contributed by atoms with Crippen LogP contribution in [0.3, 0.4) is 0 Å². The van der Waals surface area contributed by atoms with Gasteiger partial charge in [0.05, 0.1) is 0 Å². The van der Waals surface area contributed by atoms with Crippen molar-refractivity contribution in [2.45, 2.75) is 6.42 Å². The van der Waals surface area contributed by atoms with E-state index in [0.717, 1.165) is 15.8 Å². The molecule has 2 amide bonds. The summed E-state index contributed by atoms with van der Waals surface area (Å²) < 4.78 is 0.941. The van der Waals surface area contributed by atoms with Gasteiger partial charge >= 0.3 is 0 Å². The topological polar surface area (TPSA) is 40.6 Å². The van der Waals surface area contributed by atoms with Gasteiger partial charge in [0.1, 0.15) is 5.92 Å². The van der Waals surface area contributed by atoms with Crippen molar-refractivity contribution in [2.75, 3.05) is 23.4 Å². The third-order valence-corrected chi connectivity index (χ3v) is 4.93. The Morgan fingerprint density at radius 2 is 1.96 bits per heavy atom. The van der Waals surface area contributed by atoms with Crippen LogP contribution in [-0.2, 0) is 9.59 Å². The molecule has 1 aliphatic rings. The van der Waals surface area contributed by atoms with Crippen LogP contribution >= 0.6 is 27.5 Å². The van der Waals surface area contributed by atoms with E-state index in [1.54, 1.807) is 30.1 Å². The summed E-state index contributed by atoms with van der Waals surface area (Å²) in [4.78, 5) is 28.6. The summed E-state index contributed by atoms with van der Waals surface area (Å²) in [6.45, 7) is 0.518. The standard InChI is InChI=1S/C18H16BrClN2O2/c1-21(14-7-5-12(19)6-8-14)17(23)16-9-10-22(18(16)24)15-4-2-3-13(20)11-15/h2-8,11,16H,9-10H2,1H3. The Kier molecular flexibility index (Phi) is 4.92. The molecule has 4 nitrogen and oxygen atoms in total. The molecular formula is C18H16BrClN2O2. The number of carbonyl (C=O) groups is 2. The third-order valence-electron chi connectivity index (χ3n) is 4.17. The predicted octanol–water partition coefficient (Wildman–Crippen LogP) is 4.12. The van der Waals surface area contributed by atoms with E-state index in [4.69, 9.17) is 11.6 Å². The van der Waals surface area contributed by atoms with E-state index < -0.39 is 5.92 Å². The molecular weight excluding hydrogens is 392 g/mol. The maximum atomic E-state index is 12.7. The summed E-state index contributed by atoms with van der Waals surface area (Å²) in [6, 6.07) is 14.6. The first-order valence-electron chi connectivity index (χ1n) is 7.57. The van der Waals surface area contributed by atoms with Gasteiger partial charge in [0.2, 0.25) is 11.8 Å². The maximum Gasteiger partial charge on any atom is 0.239 e. The van der Waals surface area contributed by atoms with Gasteiger partial charge in [-0.25, -0.2) is 0 Å². The molecule has 1 fully saturated rings. The molecule has 1 heterocycles. The van der Waals surface area contributed by atoms with E-state index >= 15 is 0 Å². The largest absolute Gasteiger partial charge is 0.315 e. The second-order valence-corrected chi connectivity index (χ2v) is 7.04. The molecule has 1 unspecified atom stereocenters. The van der Waals surface area contributed by atoms with Crippen LogP contribution in [0.4, 0.5) is 11.4 Å². The van der Waals surface area contributed by atoms with Crippen LogP contribution in [0.25, 0.3) is 0 Å². The van der Waals surface area contributed by atoms with Crippen molar-refractivity contribution in [3.8, 4) is 0 Å². The van der Waals surface area contributed by atoms with Gasteiger partial charge in [-0.15, -0.1) is 0 Å². The van der Waals surface area contributed by atoms with Gasteiger partial charge in [-0.1, -0.05) is 33.6 Å². The predicted molar refractivity (Wildman–Crippen MR) is 99.5 cm³/mol.